The summed E-state index contributed by atoms with van der Waals surface area (Å²) in [5.41, 5.74) is 0. The quantitative estimate of drug-likeness (QED) is 0.0263. The molecule has 0 bridgehead atoms. The van der Waals surface area contributed by atoms with Gasteiger partial charge in [-0.3, -0.25) is 14.4 Å². The molecule has 0 aromatic heterocycles. The van der Waals surface area contributed by atoms with E-state index < -0.39 is 6.10 Å². The summed E-state index contributed by atoms with van der Waals surface area (Å²) < 4.78 is 16.6. The van der Waals surface area contributed by atoms with Gasteiger partial charge in [-0.2, -0.15) is 0 Å². The lowest BCUT2D eigenvalue weighted by Crippen LogP contribution is -2.30. The number of allylic oxidation sites excluding steroid dienone is 16. The number of unbranched alkanes of at least 4 members (excludes halogenated alkanes) is 17. The average molecular weight is 861 g/mol. The summed E-state index contributed by atoms with van der Waals surface area (Å²) in [7, 11) is 0. The molecule has 0 aliphatic carbocycles. The number of hydrogen-bond donors (Lipinski definition) is 0. The molecule has 0 amide bonds. The Bertz CT molecular complexity index is 1260. The van der Waals surface area contributed by atoms with E-state index in [1.807, 2.05) is 6.08 Å². The predicted octanol–water partition coefficient (Wildman–Crippen LogP) is 16.6. The molecule has 0 aromatic carbocycles. The number of ether oxygens (including phenoxy) is 3. The summed E-state index contributed by atoms with van der Waals surface area (Å²) in [5, 5.41) is 0. The molecule has 352 valence electrons. The molecule has 0 saturated carbocycles. The number of carbonyl (C=O) groups excluding carboxylic acids is 3. The highest BCUT2D eigenvalue weighted by molar-refractivity contribution is 5.71. The second-order valence-electron chi connectivity index (χ2n) is 16.3. The third kappa shape index (κ3) is 47.4. The molecular formula is C56H92O6. The Labute approximate surface area is 381 Å². The third-order valence-electron chi connectivity index (χ3n) is 10.3. The highest BCUT2D eigenvalue weighted by Crippen LogP contribution is 2.12. The Morgan fingerprint density at radius 3 is 1.15 bits per heavy atom. The van der Waals surface area contributed by atoms with E-state index in [1.54, 1.807) is 0 Å². The van der Waals surface area contributed by atoms with Gasteiger partial charge in [0, 0.05) is 19.3 Å². The second-order valence-corrected chi connectivity index (χ2v) is 16.3. The van der Waals surface area contributed by atoms with Crippen molar-refractivity contribution in [1.29, 1.82) is 0 Å². The van der Waals surface area contributed by atoms with Crippen molar-refractivity contribution < 1.29 is 28.6 Å². The molecule has 0 aliphatic rings. The number of esters is 3. The topological polar surface area (TPSA) is 78.9 Å². The molecule has 0 rings (SSSR count). The lowest BCUT2D eigenvalue weighted by Gasteiger charge is -2.18. The predicted molar refractivity (Wildman–Crippen MR) is 265 cm³/mol. The van der Waals surface area contributed by atoms with Crippen LogP contribution in [0.5, 0.6) is 0 Å². The summed E-state index contributed by atoms with van der Waals surface area (Å²) in [5.74, 6) is -1.07. The minimum atomic E-state index is -0.830. The fraction of sp³-hybridized carbons (Fsp3) is 0.661. The van der Waals surface area contributed by atoms with Crippen molar-refractivity contribution in [2.45, 2.75) is 226 Å². The minimum Gasteiger partial charge on any atom is -0.462 e. The Morgan fingerprint density at radius 1 is 0.339 bits per heavy atom. The van der Waals surface area contributed by atoms with E-state index in [0.29, 0.717) is 12.8 Å². The smallest absolute Gasteiger partial charge is 0.306 e. The van der Waals surface area contributed by atoms with Gasteiger partial charge in [-0.1, -0.05) is 195 Å². The van der Waals surface area contributed by atoms with Gasteiger partial charge in [0.05, 0.1) is 0 Å². The Kier molecular flexibility index (Phi) is 47.0. The van der Waals surface area contributed by atoms with Crippen LogP contribution in [0.2, 0.25) is 0 Å². The lowest BCUT2D eigenvalue weighted by atomic mass is 10.1. The normalized spacial score (nSPS) is 12.9. The van der Waals surface area contributed by atoms with E-state index in [-0.39, 0.29) is 50.4 Å². The molecule has 0 spiro atoms. The maximum Gasteiger partial charge on any atom is 0.306 e. The molecule has 0 N–H and O–H groups in total. The van der Waals surface area contributed by atoms with E-state index >= 15 is 0 Å². The van der Waals surface area contributed by atoms with Gasteiger partial charge in [0.15, 0.2) is 6.10 Å². The zero-order chi connectivity index (χ0) is 45.1. The van der Waals surface area contributed by atoms with Crippen LogP contribution in [0.4, 0.5) is 0 Å². The molecule has 62 heavy (non-hydrogen) atoms. The minimum absolute atomic E-state index is 0.131. The summed E-state index contributed by atoms with van der Waals surface area (Å²) in [6, 6.07) is 0. The first-order valence-electron chi connectivity index (χ1n) is 25.2. The largest absolute Gasteiger partial charge is 0.462 e. The molecule has 0 heterocycles. The van der Waals surface area contributed by atoms with Crippen molar-refractivity contribution in [3.63, 3.8) is 0 Å². The van der Waals surface area contributed by atoms with E-state index in [4.69, 9.17) is 14.2 Å². The van der Waals surface area contributed by atoms with Crippen molar-refractivity contribution in [1.82, 2.24) is 0 Å². The van der Waals surface area contributed by atoms with Crippen molar-refractivity contribution in [3.05, 3.63) is 97.2 Å². The average Bonchev–Trinajstić information content (AvgIpc) is 3.27. The van der Waals surface area contributed by atoms with Crippen LogP contribution in [-0.4, -0.2) is 37.2 Å². The lowest BCUT2D eigenvalue weighted by molar-refractivity contribution is -0.166. The van der Waals surface area contributed by atoms with E-state index in [9.17, 15) is 14.4 Å². The van der Waals surface area contributed by atoms with Crippen LogP contribution in [0.3, 0.4) is 0 Å². The molecule has 0 radical (unpaired) electrons. The number of rotatable bonds is 44. The maximum atomic E-state index is 12.8. The molecule has 0 aliphatic heterocycles. The van der Waals surface area contributed by atoms with Crippen molar-refractivity contribution in [3.8, 4) is 0 Å². The van der Waals surface area contributed by atoms with Crippen LogP contribution < -0.4 is 0 Å². The zero-order valence-electron chi connectivity index (χ0n) is 40.1. The maximum absolute atomic E-state index is 12.8. The van der Waals surface area contributed by atoms with Crippen LogP contribution >= 0.6 is 0 Å². The third-order valence-corrected chi connectivity index (χ3v) is 10.3. The fourth-order valence-electron chi connectivity index (χ4n) is 6.52. The van der Waals surface area contributed by atoms with Gasteiger partial charge in [0.25, 0.3) is 0 Å². The van der Waals surface area contributed by atoms with Crippen LogP contribution in [0.1, 0.15) is 220 Å². The molecule has 1 unspecified atom stereocenters. The first kappa shape index (κ1) is 58.3. The van der Waals surface area contributed by atoms with Crippen LogP contribution in [0.25, 0.3) is 0 Å². The van der Waals surface area contributed by atoms with Crippen molar-refractivity contribution >= 4 is 17.9 Å². The van der Waals surface area contributed by atoms with Gasteiger partial charge in [0.1, 0.15) is 13.2 Å². The summed E-state index contributed by atoms with van der Waals surface area (Å²) in [6.45, 7) is 6.38. The van der Waals surface area contributed by atoms with Gasteiger partial charge < -0.3 is 14.2 Å². The molecule has 0 fully saturated rings. The Hall–Kier alpha value is -3.67. The monoisotopic (exact) mass is 861 g/mol. The molecule has 1 atom stereocenters. The standard InChI is InChI=1S/C56H92O6/c1-4-7-10-13-16-19-22-25-27-28-29-32-34-37-40-43-46-49-55(58)61-52-53(51-60-54(57)48-45-42-39-36-33-30-24-21-18-15-12-9-6-3)62-56(59)50-47-44-41-38-35-31-26-23-20-17-14-11-8-5-2/h7,10,16,19,25,27,29-33,35,37,39-40,42,53H,4-6,8-9,11-15,17-18,20-24,26,28,34,36,38,41,43-52H2,1-3H3/b10-7-,19-16-,27-25-,32-29-,33-30-,35-31-,40-37-,42-39-. The van der Waals surface area contributed by atoms with Crippen molar-refractivity contribution in [2.75, 3.05) is 13.2 Å². The fourth-order valence-corrected chi connectivity index (χ4v) is 6.52. The first-order chi connectivity index (χ1) is 30.5. The van der Waals surface area contributed by atoms with Crippen LogP contribution in [-0.2, 0) is 28.6 Å². The Balaban J connectivity index is 4.57. The van der Waals surface area contributed by atoms with Gasteiger partial charge in [0.2, 0.25) is 0 Å². The molecule has 6 nitrogen and oxygen atoms in total. The van der Waals surface area contributed by atoms with Gasteiger partial charge in [-0.25, -0.2) is 0 Å². The summed E-state index contributed by atoms with van der Waals surface area (Å²) >= 11 is 0. The van der Waals surface area contributed by atoms with E-state index in [2.05, 4.69) is 112 Å². The van der Waals surface area contributed by atoms with Gasteiger partial charge >= 0.3 is 17.9 Å². The van der Waals surface area contributed by atoms with Crippen LogP contribution in [0.15, 0.2) is 97.2 Å². The van der Waals surface area contributed by atoms with Gasteiger partial charge in [-0.15, -0.1) is 0 Å². The van der Waals surface area contributed by atoms with Crippen molar-refractivity contribution in [2.24, 2.45) is 0 Å². The number of carbonyl (C=O) groups is 3. The molecule has 0 aromatic rings. The summed E-state index contributed by atoms with van der Waals surface area (Å²) in [6.07, 6.45) is 65.5. The second kappa shape index (κ2) is 50.0. The first-order valence-corrected chi connectivity index (χ1v) is 25.2. The van der Waals surface area contributed by atoms with E-state index in [0.717, 1.165) is 83.5 Å². The highest BCUT2D eigenvalue weighted by Gasteiger charge is 2.19. The molecule has 0 saturated heterocycles. The number of hydrogen-bond acceptors (Lipinski definition) is 6. The highest BCUT2D eigenvalue weighted by atomic mass is 16.6. The SMILES string of the molecule is CC/C=C\C/C=C\C/C=C\C/C=C\C/C=C\CCCC(=O)OCC(COC(=O)CC/C=C\C/C=C\CCCCCCCC)OC(=O)CCCCC/C=C\CCCCCCCCC. The summed E-state index contributed by atoms with van der Waals surface area (Å²) in [4.78, 5) is 37.9. The zero-order valence-corrected chi connectivity index (χ0v) is 40.1. The van der Waals surface area contributed by atoms with Crippen LogP contribution in [0, 0.1) is 0 Å². The molecule has 6 heteroatoms. The van der Waals surface area contributed by atoms with E-state index in [1.165, 1.54) is 83.5 Å². The Morgan fingerprint density at radius 2 is 0.677 bits per heavy atom. The van der Waals surface area contributed by atoms with Gasteiger partial charge in [-0.05, 0) is 103 Å². The molecular weight excluding hydrogens is 769 g/mol.